The van der Waals surface area contributed by atoms with Crippen LogP contribution in [0.2, 0.25) is 0 Å². The first-order chi connectivity index (χ1) is 9.14. The second kappa shape index (κ2) is 6.59. The third-order valence-corrected chi connectivity index (χ3v) is 4.73. The number of hydrogen-bond donors (Lipinski definition) is 2. The molecule has 4 nitrogen and oxygen atoms in total. The molecule has 1 aromatic carbocycles. The van der Waals surface area contributed by atoms with Gasteiger partial charge in [-0.3, -0.25) is 0 Å². The molecular formula is C15H25NO3S. The fraction of sp³-hybridized carbons (Fsp3) is 0.600. The van der Waals surface area contributed by atoms with E-state index in [0.717, 1.165) is 5.69 Å². The average Bonchev–Trinajstić information content (AvgIpc) is 2.35. The third kappa shape index (κ3) is 5.51. The van der Waals surface area contributed by atoms with E-state index in [1.807, 2.05) is 0 Å². The van der Waals surface area contributed by atoms with Gasteiger partial charge in [0.1, 0.15) is 0 Å². The van der Waals surface area contributed by atoms with Gasteiger partial charge >= 0.3 is 0 Å². The van der Waals surface area contributed by atoms with Crippen molar-refractivity contribution >= 4 is 15.5 Å². The lowest BCUT2D eigenvalue weighted by Crippen LogP contribution is -2.25. The van der Waals surface area contributed by atoms with Crippen LogP contribution in [0.1, 0.15) is 34.1 Å². The van der Waals surface area contributed by atoms with Crippen LogP contribution in [0.3, 0.4) is 0 Å². The molecule has 0 spiro atoms. The fourth-order valence-electron chi connectivity index (χ4n) is 1.96. The molecule has 0 aliphatic carbocycles. The molecule has 20 heavy (non-hydrogen) atoms. The Morgan fingerprint density at radius 1 is 1.20 bits per heavy atom. The van der Waals surface area contributed by atoms with Crippen molar-refractivity contribution in [3.05, 3.63) is 24.3 Å². The number of sulfone groups is 1. The molecule has 0 aromatic heterocycles. The van der Waals surface area contributed by atoms with E-state index >= 15 is 0 Å². The highest BCUT2D eigenvalue weighted by atomic mass is 32.2. The standard InChI is InChI=1S/C15H25NO3S/c1-5-20(18,19)14-8-6-12(7-9-14)16-11-13(17)10-15(2,3)4/h6-9,13,16-17H,5,10-11H2,1-4H3. The van der Waals surface area contributed by atoms with Crippen LogP contribution in [0.15, 0.2) is 29.2 Å². The van der Waals surface area contributed by atoms with Gasteiger partial charge in [-0.2, -0.15) is 0 Å². The summed E-state index contributed by atoms with van der Waals surface area (Å²) in [4.78, 5) is 0.334. The van der Waals surface area contributed by atoms with Crippen molar-refractivity contribution < 1.29 is 13.5 Å². The van der Waals surface area contributed by atoms with Crippen LogP contribution in [0, 0.1) is 5.41 Å². The first-order valence-electron chi connectivity index (χ1n) is 6.89. The monoisotopic (exact) mass is 299 g/mol. The van der Waals surface area contributed by atoms with Crippen molar-refractivity contribution in [2.75, 3.05) is 17.6 Å². The number of hydrogen-bond acceptors (Lipinski definition) is 4. The zero-order valence-corrected chi connectivity index (χ0v) is 13.5. The summed E-state index contributed by atoms with van der Waals surface area (Å²) in [7, 11) is -3.15. The van der Waals surface area contributed by atoms with Crippen molar-refractivity contribution in [2.45, 2.75) is 45.1 Å². The van der Waals surface area contributed by atoms with E-state index in [0.29, 0.717) is 17.9 Å². The van der Waals surface area contributed by atoms with Crippen LogP contribution in [0.25, 0.3) is 0 Å². The Morgan fingerprint density at radius 3 is 2.20 bits per heavy atom. The molecule has 0 heterocycles. The van der Waals surface area contributed by atoms with Crippen LogP contribution >= 0.6 is 0 Å². The quantitative estimate of drug-likeness (QED) is 0.847. The molecule has 0 amide bonds. The van der Waals surface area contributed by atoms with Crippen molar-refractivity contribution in [1.29, 1.82) is 0 Å². The Bertz CT molecular complexity index is 515. The fourth-order valence-corrected chi connectivity index (χ4v) is 2.85. The summed E-state index contributed by atoms with van der Waals surface area (Å²) in [5, 5.41) is 13.0. The molecule has 5 heteroatoms. The van der Waals surface area contributed by atoms with Gasteiger partial charge < -0.3 is 10.4 Å². The lowest BCUT2D eigenvalue weighted by molar-refractivity contribution is 0.132. The van der Waals surface area contributed by atoms with Crippen LogP contribution in [-0.4, -0.2) is 31.9 Å². The highest BCUT2D eigenvalue weighted by Crippen LogP contribution is 2.21. The van der Waals surface area contributed by atoms with Gasteiger partial charge in [0.25, 0.3) is 0 Å². The second-order valence-electron chi connectivity index (χ2n) is 6.23. The van der Waals surface area contributed by atoms with E-state index in [9.17, 15) is 13.5 Å². The molecule has 0 fully saturated rings. The van der Waals surface area contributed by atoms with Crippen molar-refractivity contribution in [3.8, 4) is 0 Å². The van der Waals surface area contributed by atoms with E-state index in [4.69, 9.17) is 0 Å². The van der Waals surface area contributed by atoms with Gasteiger partial charge in [0.05, 0.1) is 16.8 Å². The maximum Gasteiger partial charge on any atom is 0.178 e. The van der Waals surface area contributed by atoms with Crippen molar-refractivity contribution in [3.63, 3.8) is 0 Å². The van der Waals surface area contributed by atoms with Crippen molar-refractivity contribution in [2.24, 2.45) is 5.41 Å². The predicted molar refractivity (Wildman–Crippen MR) is 82.7 cm³/mol. The second-order valence-corrected chi connectivity index (χ2v) is 8.51. The maximum atomic E-state index is 11.7. The van der Waals surface area contributed by atoms with Gasteiger partial charge in [-0.1, -0.05) is 27.7 Å². The van der Waals surface area contributed by atoms with E-state index < -0.39 is 15.9 Å². The molecule has 1 atom stereocenters. The number of aliphatic hydroxyl groups excluding tert-OH is 1. The third-order valence-electron chi connectivity index (χ3n) is 2.98. The zero-order valence-electron chi connectivity index (χ0n) is 12.7. The molecule has 0 aliphatic rings. The van der Waals surface area contributed by atoms with Crippen LogP contribution in [-0.2, 0) is 9.84 Å². The van der Waals surface area contributed by atoms with Gasteiger partial charge in [-0.25, -0.2) is 8.42 Å². The largest absolute Gasteiger partial charge is 0.391 e. The minimum atomic E-state index is -3.15. The summed E-state index contributed by atoms with van der Waals surface area (Å²) in [6.07, 6.45) is 0.288. The SMILES string of the molecule is CCS(=O)(=O)c1ccc(NCC(O)CC(C)(C)C)cc1. The van der Waals surface area contributed by atoms with Gasteiger partial charge in [0, 0.05) is 12.2 Å². The number of aliphatic hydroxyl groups is 1. The molecule has 0 radical (unpaired) electrons. The highest BCUT2D eigenvalue weighted by Gasteiger charge is 2.16. The van der Waals surface area contributed by atoms with Gasteiger partial charge in [0.2, 0.25) is 0 Å². The van der Waals surface area contributed by atoms with E-state index in [1.165, 1.54) is 0 Å². The minimum absolute atomic E-state index is 0.0835. The smallest absolute Gasteiger partial charge is 0.178 e. The predicted octanol–water partition coefficient (Wildman–Crippen LogP) is 2.69. The Kier molecular flexibility index (Phi) is 5.59. The maximum absolute atomic E-state index is 11.7. The normalized spacial score (nSPS) is 14.1. The summed E-state index contributed by atoms with van der Waals surface area (Å²) in [6.45, 7) is 8.34. The topological polar surface area (TPSA) is 66.4 Å². The van der Waals surface area contributed by atoms with Crippen LogP contribution in [0.5, 0.6) is 0 Å². The first-order valence-corrected chi connectivity index (χ1v) is 8.54. The molecule has 0 aliphatic heterocycles. The number of rotatable bonds is 6. The summed E-state index contributed by atoms with van der Waals surface area (Å²) in [6, 6.07) is 6.65. The first kappa shape index (κ1) is 17.0. The molecule has 0 bridgehead atoms. The summed E-state index contributed by atoms with van der Waals surface area (Å²) in [5.74, 6) is 0.101. The Labute approximate surface area is 122 Å². The summed E-state index contributed by atoms with van der Waals surface area (Å²) in [5.41, 5.74) is 0.896. The Balaban J connectivity index is 2.59. The van der Waals surface area contributed by atoms with Gasteiger partial charge in [-0.05, 0) is 36.1 Å². The zero-order chi connectivity index (χ0) is 15.4. The van der Waals surface area contributed by atoms with Gasteiger partial charge in [0.15, 0.2) is 9.84 Å². The lowest BCUT2D eigenvalue weighted by Gasteiger charge is -2.22. The lowest BCUT2D eigenvalue weighted by atomic mass is 9.89. The molecule has 0 saturated carbocycles. The van der Waals surface area contributed by atoms with Crippen LogP contribution < -0.4 is 5.32 Å². The number of benzene rings is 1. The molecule has 1 unspecified atom stereocenters. The Hall–Kier alpha value is -1.07. The molecule has 1 aromatic rings. The van der Waals surface area contributed by atoms with E-state index in [2.05, 4.69) is 26.1 Å². The summed E-state index contributed by atoms with van der Waals surface area (Å²) >= 11 is 0. The molecular weight excluding hydrogens is 274 g/mol. The van der Waals surface area contributed by atoms with Crippen LogP contribution in [0.4, 0.5) is 5.69 Å². The molecule has 1 rings (SSSR count). The molecule has 2 N–H and O–H groups in total. The Morgan fingerprint density at radius 2 is 1.75 bits per heavy atom. The molecule has 114 valence electrons. The van der Waals surface area contributed by atoms with E-state index in [-0.39, 0.29) is 11.2 Å². The highest BCUT2D eigenvalue weighted by molar-refractivity contribution is 7.91. The van der Waals surface area contributed by atoms with Crippen molar-refractivity contribution in [1.82, 2.24) is 0 Å². The summed E-state index contributed by atoms with van der Waals surface area (Å²) < 4.78 is 23.3. The average molecular weight is 299 g/mol. The van der Waals surface area contributed by atoms with E-state index in [1.54, 1.807) is 31.2 Å². The minimum Gasteiger partial charge on any atom is -0.391 e. The number of anilines is 1. The number of nitrogens with one attached hydrogen (secondary N) is 1. The van der Waals surface area contributed by atoms with Gasteiger partial charge in [-0.15, -0.1) is 0 Å². The molecule has 0 saturated heterocycles.